The van der Waals surface area contributed by atoms with E-state index in [1.165, 1.54) is 18.6 Å². The maximum Gasteiger partial charge on any atom is 0.330 e. The lowest BCUT2D eigenvalue weighted by molar-refractivity contribution is -0.140. The van der Waals surface area contributed by atoms with Gasteiger partial charge in [0.25, 0.3) is 0 Å². The molecule has 3 unspecified atom stereocenters. The number of hydrogen-bond acceptors (Lipinski definition) is 3. The Morgan fingerprint density at radius 2 is 1.52 bits per heavy atom. The number of hydrogen-bond donors (Lipinski definition) is 0. The minimum atomic E-state index is -0.428. The van der Waals surface area contributed by atoms with Gasteiger partial charge in [-0.15, -0.1) is 0 Å². The summed E-state index contributed by atoms with van der Waals surface area (Å²) in [7, 11) is 0. The molecule has 0 saturated heterocycles. The van der Waals surface area contributed by atoms with Crippen molar-refractivity contribution in [1.29, 1.82) is 0 Å². The second-order valence-electron chi connectivity index (χ2n) is 10.1. The lowest BCUT2D eigenvalue weighted by Gasteiger charge is -2.31. The van der Waals surface area contributed by atoms with Crippen LogP contribution >= 0.6 is 0 Å². The Kier molecular flexibility index (Phi) is 10.3. The first-order chi connectivity index (χ1) is 11.3. The van der Waals surface area contributed by atoms with Crippen molar-refractivity contribution >= 4 is 12.3 Å². The Morgan fingerprint density at radius 1 is 0.960 bits per heavy atom. The molecule has 3 heteroatoms. The summed E-state index contributed by atoms with van der Waals surface area (Å²) < 4.78 is 5.39. The third-order valence-electron chi connectivity index (χ3n) is 4.48. The van der Waals surface area contributed by atoms with Gasteiger partial charge in [-0.1, -0.05) is 61.8 Å². The molecule has 0 heterocycles. The van der Waals surface area contributed by atoms with Crippen LogP contribution in [-0.2, 0) is 14.3 Å². The predicted molar refractivity (Wildman–Crippen MR) is 105 cm³/mol. The van der Waals surface area contributed by atoms with E-state index >= 15 is 0 Å². The summed E-state index contributed by atoms with van der Waals surface area (Å²) in [6, 6.07) is 0. The molecule has 146 valence electrons. The molecule has 25 heavy (non-hydrogen) atoms. The number of carbonyl (C=O) groups is 2. The summed E-state index contributed by atoms with van der Waals surface area (Å²) in [5.74, 6) is 1.08. The molecule has 0 spiro atoms. The number of allylic oxidation sites excluding steroid dienone is 1. The van der Waals surface area contributed by atoms with Gasteiger partial charge in [0.05, 0.1) is 6.61 Å². The summed E-state index contributed by atoms with van der Waals surface area (Å²) in [5.41, 5.74) is 0.605. The molecule has 3 nitrogen and oxygen atoms in total. The van der Waals surface area contributed by atoms with E-state index in [0.717, 1.165) is 19.3 Å². The van der Waals surface area contributed by atoms with Crippen LogP contribution in [0.1, 0.15) is 81.1 Å². The van der Waals surface area contributed by atoms with E-state index in [-0.39, 0.29) is 5.41 Å². The highest BCUT2D eigenvalue weighted by atomic mass is 16.5. The van der Waals surface area contributed by atoms with Gasteiger partial charge in [0.15, 0.2) is 0 Å². The summed E-state index contributed by atoms with van der Waals surface area (Å²) in [6.45, 7) is 18.6. The van der Waals surface area contributed by atoms with Crippen LogP contribution in [0.25, 0.3) is 0 Å². The van der Waals surface area contributed by atoms with Crippen LogP contribution in [0.15, 0.2) is 12.2 Å². The Balaban J connectivity index is 4.74. The van der Waals surface area contributed by atoms with E-state index in [1.54, 1.807) is 0 Å². The van der Waals surface area contributed by atoms with E-state index < -0.39 is 5.97 Å². The van der Waals surface area contributed by atoms with Gasteiger partial charge in [-0.05, 0) is 53.9 Å². The fraction of sp³-hybridized carbons (Fsp3) is 0.818. The molecule has 0 bridgehead atoms. The van der Waals surface area contributed by atoms with Crippen LogP contribution in [0, 0.1) is 28.6 Å². The summed E-state index contributed by atoms with van der Waals surface area (Å²) in [5, 5.41) is 0. The summed E-state index contributed by atoms with van der Waals surface area (Å²) >= 11 is 0. The van der Waals surface area contributed by atoms with Gasteiger partial charge in [0.2, 0.25) is 0 Å². The number of esters is 1. The predicted octanol–water partition coefficient (Wildman–Crippen LogP) is 5.83. The van der Waals surface area contributed by atoms with Crippen molar-refractivity contribution in [2.45, 2.75) is 81.1 Å². The maximum absolute atomic E-state index is 11.7. The second kappa shape index (κ2) is 10.8. The third-order valence-corrected chi connectivity index (χ3v) is 4.48. The van der Waals surface area contributed by atoms with Crippen molar-refractivity contribution in [3.63, 3.8) is 0 Å². The molecule has 0 rings (SSSR count). The average molecular weight is 353 g/mol. The molecule has 0 N–H and O–H groups in total. The molecule has 0 amide bonds. The first-order valence-electron chi connectivity index (χ1n) is 9.62. The topological polar surface area (TPSA) is 43.4 Å². The highest BCUT2D eigenvalue weighted by Gasteiger charge is 2.25. The van der Waals surface area contributed by atoms with Gasteiger partial charge >= 0.3 is 5.97 Å². The molecule has 0 aromatic carbocycles. The van der Waals surface area contributed by atoms with Crippen LogP contribution < -0.4 is 0 Å². The Bertz CT molecular complexity index is 424. The molecule has 0 radical (unpaired) electrons. The summed E-state index contributed by atoms with van der Waals surface area (Å²) in [4.78, 5) is 22.0. The van der Waals surface area contributed by atoms with Crippen LogP contribution in [0.3, 0.4) is 0 Å². The van der Waals surface area contributed by atoms with Gasteiger partial charge in [-0.3, -0.25) is 4.79 Å². The van der Waals surface area contributed by atoms with Crippen molar-refractivity contribution in [1.82, 2.24) is 0 Å². The van der Waals surface area contributed by atoms with Crippen molar-refractivity contribution in [3.05, 3.63) is 12.2 Å². The summed E-state index contributed by atoms with van der Waals surface area (Å²) in [6.07, 6.45) is 7.50. The van der Waals surface area contributed by atoms with Crippen LogP contribution in [0.4, 0.5) is 0 Å². The Labute approximate surface area is 155 Å². The van der Waals surface area contributed by atoms with Crippen molar-refractivity contribution in [2.75, 3.05) is 6.61 Å². The fourth-order valence-corrected chi connectivity index (χ4v) is 3.67. The minimum absolute atomic E-state index is 0.260. The normalized spacial score (nSPS) is 16.5. The van der Waals surface area contributed by atoms with Crippen molar-refractivity contribution in [2.24, 2.45) is 28.6 Å². The van der Waals surface area contributed by atoms with E-state index in [2.05, 4.69) is 55.4 Å². The SMILES string of the molecule is CC(CCC(COC(=O)/C=C\C=O)C(C)CC(C)(C)C)CC(C)(C)C. The average Bonchev–Trinajstić information content (AvgIpc) is 2.40. The van der Waals surface area contributed by atoms with Crippen LogP contribution in [0.2, 0.25) is 0 Å². The number of aldehydes is 1. The van der Waals surface area contributed by atoms with E-state index in [4.69, 9.17) is 4.74 Å². The highest BCUT2D eigenvalue weighted by Crippen LogP contribution is 2.33. The Hall–Kier alpha value is -1.12. The van der Waals surface area contributed by atoms with Crippen molar-refractivity contribution < 1.29 is 14.3 Å². The van der Waals surface area contributed by atoms with Crippen LogP contribution in [0.5, 0.6) is 0 Å². The lowest BCUT2D eigenvalue weighted by atomic mass is 9.76. The first-order valence-corrected chi connectivity index (χ1v) is 9.62. The molecule has 0 fully saturated rings. The smallest absolute Gasteiger partial charge is 0.330 e. The molecule has 0 aliphatic heterocycles. The largest absolute Gasteiger partial charge is 0.462 e. The molecule has 0 aromatic heterocycles. The van der Waals surface area contributed by atoms with E-state index in [0.29, 0.717) is 36.1 Å². The quantitative estimate of drug-likeness (QED) is 0.282. The number of carbonyl (C=O) groups excluding carboxylic acids is 2. The van der Waals surface area contributed by atoms with Gasteiger partial charge < -0.3 is 4.74 Å². The van der Waals surface area contributed by atoms with E-state index in [1.807, 2.05) is 0 Å². The highest BCUT2D eigenvalue weighted by molar-refractivity contribution is 5.86. The Morgan fingerprint density at radius 3 is 2.00 bits per heavy atom. The van der Waals surface area contributed by atoms with Crippen molar-refractivity contribution in [3.8, 4) is 0 Å². The molecular weight excluding hydrogens is 312 g/mol. The first kappa shape index (κ1) is 23.9. The monoisotopic (exact) mass is 352 g/mol. The fourth-order valence-electron chi connectivity index (χ4n) is 3.67. The maximum atomic E-state index is 11.7. The molecule has 0 aliphatic carbocycles. The molecular formula is C22H40O3. The van der Waals surface area contributed by atoms with Gasteiger partial charge in [0.1, 0.15) is 6.29 Å². The molecule has 3 atom stereocenters. The van der Waals surface area contributed by atoms with Gasteiger partial charge in [-0.25, -0.2) is 4.79 Å². The molecule has 0 aliphatic rings. The van der Waals surface area contributed by atoms with Gasteiger partial charge in [0, 0.05) is 6.08 Å². The minimum Gasteiger partial charge on any atom is -0.462 e. The zero-order valence-corrected chi connectivity index (χ0v) is 17.7. The van der Waals surface area contributed by atoms with Gasteiger partial charge in [-0.2, -0.15) is 0 Å². The van der Waals surface area contributed by atoms with E-state index in [9.17, 15) is 9.59 Å². The van der Waals surface area contributed by atoms with Crippen LogP contribution in [-0.4, -0.2) is 18.9 Å². The third kappa shape index (κ3) is 13.8. The number of ether oxygens (including phenoxy) is 1. The molecule has 0 saturated carbocycles. The lowest BCUT2D eigenvalue weighted by Crippen LogP contribution is -2.24. The standard InChI is InChI=1S/C22H40O3/c1-17(14-21(3,4)5)11-12-19(18(2)15-22(6,7)8)16-25-20(24)10-9-13-23/h9-10,13,17-19H,11-12,14-16H2,1-8H3/b10-9-. The zero-order valence-electron chi connectivity index (χ0n) is 17.7. The zero-order chi connectivity index (χ0) is 19.7. The second-order valence-corrected chi connectivity index (χ2v) is 10.1. The number of rotatable bonds is 10. The molecule has 0 aromatic rings.